The molecule has 0 aliphatic heterocycles. The van der Waals surface area contributed by atoms with Crippen LogP contribution < -0.4 is 5.73 Å². The number of rotatable bonds is 4. The minimum absolute atomic E-state index is 0.120. The van der Waals surface area contributed by atoms with Crippen molar-refractivity contribution in [2.45, 2.75) is 39.7 Å². The molecule has 1 unspecified atom stereocenters. The first kappa shape index (κ1) is 13.3. The summed E-state index contributed by atoms with van der Waals surface area (Å²) in [6.07, 6.45) is 2.03. The molecule has 0 radical (unpaired) electrons. The lowest BCUT2D eigenvalue weighted by Crippen LogP contribution is -2.13. The molecule has 1 heterocycles. The molecule has 0 aliphatic rings. The van der Waals surface area contributed by atoms with E-state index in [1.54, 1.807) is 0 Å². The Kier molecular flexibility index (Phi) is 4.20. The van der Waals surface area contributed by atoms with E-state index in [1.165, 1.54) is 26.4 Å². The standard InChI is InChI=1S/C16H21NS/c1-4-13-8-9-16(18-13)15(17)10-14-11(2)6-5-7-12(14)3/h5-9,15H,4,10,17H2,1-3H3. The maximum absolute atomic E-state index is 6.34. The fourth-order valence-corrected chi connectivity index (χ4v) is 3.23. The van der Waals surface area contributed by atoms with E-state index in [-0.39, 0.29) is 6.04 Å². The second-order valence-electron chi connectivity index (χ2n) is 4.84. The third-order valence-electron chi connectivity index (χ3n) is 3.46. The third-order valence-corrected chi connectivity index (χ3v) is 4.83. The molecule has 1 aromatic carbocycles. The van der Waals surface area contributed by atoms with Gasteiger partial charge in [0.2, 0.25) is 0 Å². The normalized spacial score (nSPS) is 12.7. The van der Waals surface area contributed by atoms with Gasteiger partial charge >= 0.3 is 0 Å². The van der Waals surface area contributed by atoms with Crippen molar-refractivity contribution in [3.05, 3.63) is 56.8 Å². The van der Waals surface area contributed by atoms with Crippen molar-refractivity contribution >= 4 is 11.3 Å². The molecule has 1 atom stereocenters. The smallest absolute Gasteiger partial charge is 0.0430 e. The molecule has 2 heteroatoms. The van der Waals surface area contributed by atoms with Crippen LogP contribution in [0.15, 0.2) is 30.3 Å². The first-order chi connectivity index (χ1) is 8.61. The SMILES string of the molecule is CCc1ccc(C(N)Cc2c(C)cccc2C)s1. The van der Waals surface area contributed by atoms with Crippen LogP contribution in [0.4, 0.5) is 0 Å². The summed E-state index contributed by atoms with van der Waals surface area (Å²) in [4.78, 5) is 2.72. The van der Waals surface area contributed by atoms with E-state index in [0.717, 1.165) is 12.8 Å². The van der Waals surface area contributed by atoms with Crippen molar-refractivity contribution in [3.63, 3.8) is 0 Å². The highest BCUT2D eigenvalue weighted by Gasteiger charge is 2.12. The molecule has 0 saturated heterocycles. The van der Waals surface area contributed by atoms with Gasteiger partial charge < -0.3 is 5.73 Å². The maximum Gasteiger partial charge on any atom is 0.0430 e. The fourth-order valence-electron chi connectivity index (χ4n) is 2.28. The van der Waals surface area contributed by atoms with Crippen LogP contribution in [0.1, 0.15) is 39.4 Å². The average molecular weight is 259 g/mol. The fraction of sp³-hybridized carbons (Fsp3) is 0.375. The van der Waals surface area contributed by atoms with Crippen LogP contribution in [0.3, 0.4) is 0 Å². The Bertz CT molecular complexity index is 507. The van der Waals surface area contributed by atoms with E-state index in [9.17, 15) is 0 Å². The van der Waals surface area contributed by atoms with Gasteiger partial charge in [-0.3, -0.25) is 0 Å². The van der Waals surface area contributed by atoms with Crippen molar-refractivity contribution in [1.82, 2.24) is 0 Å². The molecule has 0 amide bonds. The monoisotopic (exact) mass is 259 g/mol. The van der Waals surface area contributed by atoms with Gasteiger partial charge in [-0.1, -0.05) is 25.1 Å². The predicted octanol–water partition coefficient (Wildman–Crippen LogP) is 4.17. The molecule has 0 spiro atoms. The summed E-state index contributed by atoms with van der Waals surface area (Å²) < 4.78 is 0. The van der Waals surface area contributed by atoms with Gasteiger partial charge in [-0.15, -0.1) is 11.3 Å². The van der Waals surface area contributed by atoms with Crippen molar-refractivity contribution in [3.8, 4) is 0 Å². The summed E-state index contributed by atoms with van der Waals surface area (Å²) in [6, 6.07) is 10.9. The zero-order chi connectivity index (χ0) is 13.1. The van der Waals surface area contributed by atoms with E-state index in [2.05, 4.69) is 51.1 Å². The molecule has 1 aromatic heterocycles. The number of aryl methyl sites for hydroxylation is 3. The summed E-state index contributed by atoms with van der Waals surface area (Å²) in [5, 5.41) is 0. The van der Waals surface area contributed by atoms with Crippen LogP contribution in [0.25, 0.3) is 0 Å². The van der Waals surface area contributed by atoms with Crippen molar-refractivity contribution in [2.75, 3.05) is 0 Å². The van der Waals surface area contributed by atoms with E-state index in [4.69, 9.17) is 5.73 Å². The Balaban J connectivity index is 2.18. The van der Waals surface area contributed by atoms with Gasteiger partial charge in [-0.05, 0) is 55.5 Å². The summed E-state index contributed by atoms with van der Waals surface area (Å²) >= 11 is 1.85. The largest absolute Gasteiger partial charge is 0.323 e. The Hall–Kier alpha value is -1.12. The molecule has 96 valence electrons. The Morgan fingerprint density at radius 3 is 2.33 bits per heavy atom. The highest BCUT2D eigenvalue weighted by molar-refractivity contribution is 7.12. The third kappa shape index (κ3) is 2.82. The van der Waals surface area contributed by atoms with Crippen LogP contribution in [0.2, 0.25) is 0 Å². The van der Waals surface area contributed by atoms with Crippen LogP contribution in [0.5, 0.6) is 0 Å². The summed E-state index contributed by atoms with van der Waals surface area (Å²) in [6.45, 7) is 6.52. The minimum Gasteiger partial charge on any atom is -0.323 e. The van der Waals surface area contributed by atoms with E-state index >= 15 is 0 Å². The summed E-state index contributed by atoms with van der Waals surface area (Å²) in [5.41, 5.74) is 10.4. The molecule has 0 bridgehead atoms. The lowest BCUT2D eigenvalue weighted by atomic mass is 9.96. The van der Waals surface area contributed by atoms with Crippen LogP contribution in [-0.4, -0.2) is 0 Å². The molecule has 2 N–H and O–H groups in total. The van der Waals surface area contributed by atoms with Gasteiger partial charge in [-0.2, -0.15) is 0 Å². The average Bonchev–Trinajstić information content (AvgIpc) is 2.82. The van der Waals surface area contributed by atoms with Crippen molar-refractivity contribution in [2.24, 2.45) is 5.73 Å². The highest BCUT2D eigenvalue weighted by atomic mass is 32.1. The first-order valence-electron chi connectivity index (χ1n) is 6.51. The van der Waals surface area contributed by atoms with Gasteiger partial charge in [0.1, 0.15) is 0 Å². The number of thiophene rings is 1. The second kappa shape index (κ2) is 5.68. The lowest BCUT2D eigenvalue weighted by Gasteiger charge is -2.14. The van der Waals surface area contributed by atoms with Crippen LogP contribution >= 0.6 is 11.3 Å². The van der Waals surface area contributed by atoms with E-state index in [0.29, 0.717) is 0 Å². The van der Waals surface area contributed by atoms with Gasteiger partial charge in [0.05, 0.1) is 0 Å². The molecular weight excluding hydrogens is 238 g/mol. The molecular formula is C16H21NS. The number of hydrogen-bond donors (Lipinski definition) is 1. The Labute approximate surface area is 114 Å². The Morgan fingerprint density at radius 2 is 1.78 bits per heavy atom. The van der Waals surface area contributed by atoms with Gasteiger partial charge in [0.15, 0.2) is 0 Å². The highest BCUT2D eigenvalue weighted by Crippen LogP contribution is 2.26. The van der Waals surface area contributed by atoms with Crippen LogP contribution in [0, 0.1) is 13.8 Å². The van der Waals surface area contributed by atoms with E-state index < -0.39 is 0 Å². The Morgan fingerprint density at radius 1 is 1.11 bits per heavy atom. The zero-order valence-corrected chi connectivity index (χ0v) is 12.2. The van der Waals surface area contributed by atoms with E-state index in [1.807, 2.05) is 11.3 Å². The quantitative estimate of drug-likeness (QED) is 0.876. The maximum atomic E-state index is 6.34. The molecule has 0 saturated carbocycles. The molecule has 18 heavy (non-hydrogen) atoms. The van der Waals surface area contributed by atoms with Crippen LogP contribution in [-0.2, 0) is 12.8 Å². The minimum atomic E-state index is 0.120. The number of nitrogens with two attached hydrogens (primary N) is 1. The second-order valence-corrected chi connectivity index (χ2v) is 6.04. The molecule has 0 fully saturated rings. The van der Waals surface area contributed by atoms with Gasteiger partial charge in [0.25, 0.3) is 0 Å². The first-order valence-corrected chi connectivity index (χ1v) is 7.32. The number of benzene rings is 1. The lowest BCUT2D eigenvalue weighted by molar-refractivity contribution is 0.729. The summed E-state index contributed by atoms with van der Waals surface area (Å²) in [7, 11) is 0. The van der Waals surface area contributed by atoms with Gasteiger partial charge in [0, 0.05) is 15.8 Å². The molecule has 1 nitrogen and oxygen atoms in total. The molecule has 0 aliphatic carbocycles. The zero-order valence-electron chi connectivity index (χ0n) is 11.4. The molecule has 2 aromatic rings. The summed E-state index contributed by atoms with van der Waals surface area (Å²) in [5.74, 6) is 0. The predicted molar refractivity (Wildman–Crippen MR) is 80.2 cm³/mol. The number of hydrogen-bond acceptors (Lipinski definition) is 2. The molecule has 2 rings (SSSR count). The van der Waals surface area contributed by atoms with Crippen molar-refractivity contribution in [1.29, 1.82) is 0 Å². The topological polar surface area (TPSA) is 26.0 Å². The van der Waals surface area contributed by atoms with Crippen molar-refractivity contribution < 1.29 is 0 Å². The van der Waals surface area contributed by atoms with Gasteiger partial charge in [-0.25, -0.2) is 0 Å².